The average Bonchev–Trinajstić information content (AvgIpc) is 2.51. The minimum absolute atomic E-state index is 0.0149. The number of nitrogens with two attached hydrogens (primary N) is 1. The molecule has 0 saturated heterocycles. The highest BCUT2D eigenvalue weighted by Crippen LogP contribution is 2.22. The quantitative estimate of drug-likeness (QED) is 0.848. The van der Waals surface area contributed by atoms with Gasteiger partial charge in [0.25, 0.3) is 5.91 Å². The van der Waals surface area contributed by atoms with Crippen molar-refractivity contribution in [1.82, 2.24) is 9.88 Å². The molecule has 2 heterocycles. The third-order valence-corrected chi connectivity index (χ3v) is 3.61. The predicted molar refractivity (Wildman–Crippen MR) is 78.3 cm³/mol. The first-order chi connectivity index (χ1) is 10.2. The highest BCUT2D eigenvalue weighted by Gasteiger charge is 2.24. The number of rotatable bonds is 2. The van der Waals surface area contributed by atoms with E-state index in [0.717, 1.165) is 17.5 Å². The van der Waals surface area contributed by atoms with Crippen molar-refractivity contribution < 1.29 is 4.79 Å². The van der Waals surface area contributed by atoms with Crippen LogP contribution in [0.4, 0.5) is 5.69 Å². The Labute approximate surface area is 122 Å². The van der Waals surface area contributed by atoms with Crippen LogP contribution in [0.25, 0.3) is 0 Å². The van der Waals surface area contributed by atoms with Gasteiger partial charge in [-0.2, -0.15) is 5.26 Å². The van der Waals surface area contributed by atoms with Crippen LogP contribution in [-0.2, 0) is 13.0 Å². The number of anilines is 1. The number of hydrogen-bond acceptors (Lipinski definition) is 4. The van der Waals surface area contributed by atoms with E-state index in [-0.39, 0.29) is 5.91 Å². The van der Waals surface area contributed by atoms with E-state index >= 15 is 0 Å². The fourth-order valence-corrected chi connectivity index (χ4v) is 2.54. The minimum Gasteiger partial charge on any atom is -0.399 e. The molecule has 0 radical (unpaired) electrons. The van der Waals surface area contributed by atoms with Gasteiger partial charge in [-0.1, -0.05) is 6.07 Å². The Morgan fingerprint density at radius 1 is 1.33 bits per heavy atom. The lowest BCUT2D eigenvalue weighted by Crippen LogP contribution is -2.37. The zero-order valence-corrected chi connectivity index (χ0v) is 11.4. The van der Waals surface area contributed by atoms with E-state index in [1.807, 2.05) is 24.3 Å². The SMILES string of the molecule is N#Cc1cc(CN2CCc3ccc(N)cc3C2=O)ccn1. The molecule has 0 saturated carbocycles. The van der Waals surface area contributed by atoms with Crippen LogP contribution in [0.2, 0.25) is 0 Å². The zero-order chi connectivity index (χ0) is 14.8. The topological polar surface area (TPSA) is 83.0 Å². The summed E-state index contributed by atoms with van der Waals surface area (Å²) in [6.45, 7) is 1.14. The van der Waals surface area contributed by atoms with Crippen molar-refractivity contribution in [3.8, 4) is 6.07 Å². The number of amides is 1. The number of nitriles is 1. The molecule has 5 nitrogen and oxygen atoms in total. The largest absolute Gasteiger partial charge is 0.399 e. The maximum absolute atomic E-state index is 12.5. The molecule has 104 valence electrons. The van der Waals surface area contributed by atoms with Crippen LogP contribution < -0.4 is 5.73 Å². The highest BCUT2D eigenvalue weighted by atomic mass is 16.2. The molecule has 21 heavy (non-hydrogen) atoms. The smallest absolute Gasteiger partial charge is 0.254 e. The number of hydrogen-bond donors (Lipinski definition) is 1. The molecule has 3 rings (SSSR count). The normalized spacial score (nSPS) is 13.7. The molecule has 2 aromatic rings. The Hall–Kier alpha value is -2.87. The minimum atomic E-state index is -0.0149. The monoisotopic (exact) mass is 278 g/mol. The Kier molecular flexibility index (Phi) is 3.28. The number of nitrogens with zero attached hydrogens (tertiary/aromatic N) is 3. The van der Waals surface area contributed by atoms with Crippen molar-refractivity contribution in [3.05, 3.63) is 58.9 Å². The molecular weight excluding hydrogens is 264 g/mol. The van der Waals surface area contributed by atoms with Crippen molar-refractivity contribution >= 4 is 11.6 Å². The molecule has 0 aliphatic carbocycles. The molecule has 1 aromatic carbocycles. The summed E-state index contributed by atoms with van der Waals surface area (Å²) in [5.74, 6) is -0.0149. The summed E-state index contributed by atoms with van der Waals surface area (Å²) in [4.78, 5) is 18.2. The Morgan fingerprint density at radius 3 is 3.00 bits per heavy atom. The van der Waals surface area contributed by atoms with Gasteiger partial charge in [0.05, 0.1) is 0 Å². The summed E-state index contributed by atoms with van der Waals surface area (Å²) in [7, 11) is 0. The summed E-state index contributed by atoms with van der Waals surface area (Å²) < 4.78 is 0. The van der Waals surface area contributed by atoms with E-state index in [0.29, 0.717) is 30.0 Å². The predicted octanol–water partition coefficient (Wildman–Crippen LogP) is 1.73. The van der Waals surface area contributed by atoms with Gasteiger partial charge in [0, 0.05) is 30.5 Å². The van der Waals surface area contributed by atoms with E-state index in [1.165, 1.54) is 0 Å². The van der Waals surface area contributed by atoms with Gasteiger partial charge >= 0.3 is 0 Å². The first kappa shape index (κ1) is 13.1. The first-order valence-electron chi connectivity index (χ1n) is 6.70. The van der Waals surface area contributed by atoms with Crippen molar-refractivity contribution in [2.75, 3.05) is 12.3 Å². The number of carbonyl (C=O) groups is 1. The number of carbonyl (C=O) groups excluding carboxylic acids is 1. The van der Waals surface area contributed by atoms with Crippen molar-refractivity contribution in [1.29, 1.82) is 5.26 Å². The van der Waals surface area contributed by atoms with Crippen LogP contribution in [0.1, 0.15) is 27.2 Å². The fraction of sp³-hybridized carbons (Fsp3) is 0.188. The van der Waals surface area contributed by atoms with Crippen LogP contribution in [0, 0.1) is 11.3 Å². The second-order valence-electron chi connectivity index (χ2n) is 5.05. The van der Waals surface area contributed by atoms with Crippen LogP contribution in [0.5, 0.6) is 0 Å². The zero-order valence-electron chi connectivity index (χ0n) is 11.4. The van der Waals surface area contributed by atoms with Crippen LogP contribution in [0.3, 0.4) is 0 Å². The number of benzene rings is 1. The summed E-state index contributed by atoms with van der Waals surface area (Å²) in [6, 6.07) is 11.0. The Balaban J connectivity index is 1.85. The molecule has 1 aliphatic heterocycles. The summed E-state index contributed by atoms with van der Waals surface area (Å²) in [5.41, 5.74) is 9.35. The van der Waals surface area contributed by atoms with Gasteiger partial charge in [-0.25, -0.2) is 4.98 Å². The molecule has 0 spiro atoms. The standard InChI is InChI=1S/C16H14N4O/c17-9-14-7-11(3-5-19-14)10-20-6-4-12-1-2-13(18)8-15(12)16(20)21/h1-3,5,7-8H,4,6,10,18H2. The van der Waals surface area contributed by atoms with Gasteiger partial charge in [-0.15, -0.1) is 0 Å². The molecule has 0 bridgehead atoms. The molecule has 1 amide bonds. The van der Waals surface area contributed by atoms with Gasteiger partial charge in [-0.3, -0.25) is 4.79 Å². The lowest BCUT2D eigenvalue weighted by molar-refractivity contribution is 0.0727. The van der Waals surface area contributed by atoms with E-state index in [2.05, 4.69) is 4.98 Å². The fourth-order valence-electron chi connectivity index (χ4n) is 2.54. The van der Waals surface area contributed by atoms with Gasteiger partial charge in [-0.05, 0) is 41.8 Å². The van der Waals surface area contributed by atoms with Gasteiger partial charge in [0.2, 0.25) is 0 Å². The molecule has 0 unspecified atom stereocenters. The van der Waals surface area contributed by atoms with Crippen LogP contribution >= 0.6 is 0 Å². The van der Waals surface area contributed by atoms with Gasteiger partial charge in [0.1, 0.15) is 11.8 Å². The Morgan fingerprint density at radius 2 is 2.19 bits per heavy atom. The van der Waals surface area contributed by atoms with Crippen molar-refractivity contribution in [2.45, 2.75) is 13.0 Å². The number of aromatic nitrogens is 1. The van der Waals surface area contributed by atoms with E-state index in [4.69, 9.17) is 11.0 Å². The maximum Gasteiger partial charge on any atom is 0.254 e. The van der Waals surface area contributed by atoms with E-state index in [9.17, 15) is 4.79 Å². The molecule has 1 aromatic heterocycles. The van der Waals surface area contributed by atoms with Crippen LogP contribution in [0.15, 0.2) is 36.5 Å². The third kappa shape index (κ3) is 2.56. The molecule has 5 heteroatoms. The average molecular weight is 278 g/mol. The van der Waals surface area contributed by atoms with Crippen molar-refractivity contribution in [2.24, 2.45) is 0 Å². The second kappa shape index (κ2) is 5.25. The lowest BCUT2D eigenvalue weighted by Gasteiger charge is -2.28. The number of nitrogen functional groups attached to an aromatic ring is 1. The Bertz CT molecular complexity index is 748. The second-order valence-corrected chi connectivity index (χ2v) is 5.05. The summed E-state index contributed by atoms with van der Waals surface area (Å²) >= 11 is 0. The number of fused-ring (bicyclic) bond motifs is 1. The molecule has 0 fully saturated rings. The maximum atomic E-state index is 12.5. The van der Waals surface area contributed by atoms with Gasteiger partial charge < -0.3 is 10.6 Å². The van der Waals surface area contributed by atoms with Crippen LogP contribution in [-0.4, -0.2) is 22.3 Å². The lowest BCUT2D eigenvalue weighted by atomic mass is 9.98. The number of pyridine rings is 1. The van der Waals surface area contributed by atoms with Gasteiger partial charge in [0.15, 0.2) is 0 Å². The molecular formula is C16H14N4O. The third-order valence-electron chi connectivity index (χ3n) is 3.61. The first-order valence-corrected chi connectivity index (χ1v) is 6.70. The molecule has 0 atom stereocenters. The summed E-state index contributed by atoms with van der Waals surface area (Å²) in [6.07, 6.45) is 2.41. The highest BCUT2D eigenvalue weighted by molar-refractivity contribution is 5.97. The molecule has 2 N–H and O–H groups in total. The van der Waals surface area contributed by atoms with Crippen molar-refractivity contribution in [3.63, 3.8) is 0 Å². The summed E-state index contributed by atoms with van der Waals surface area (Å²) in [5, 5.41) is 8.87. The molecule has 1 aliphatic rings. The van der Waals surface area contributed by atoms with E-state index < -0.39 is 0 Å². The van der Waals surface area contributed by atoms with E-state index in [1.54, 1.807) is 23.2 Å².